The van der Waals surface area contributed by atoms with E-state index in [-0.39, 0.29) is 0 Å². The summed E-state index contributed by atoms with van der Waals surface area (Å²) in [6.07, 6.45) is 2.54. The molecule has 1 aliphatic heterocycles. The van der Waals surface area contributed by atoms with Gasteiger partial charge in [-0.3, -0.25) is 0 Å². The molecule has 2 heterocycles. The first-order valence-corrected chi connectivity index (χ1v) is 8.71. The van der Waals surface area contributed by atoms with Gasteiger partial charge in [-0.15, -0.1) is 11.3 Å². The van der Waals surface area contributed by atoms with Crippen molar-refractivity contribution in [1.29, 1.82) is 0 Å². The summed E-state index contributed by atoms with van der Waals surface area (Å²) < 4.78 is 0. The van der Waals surface area contributed by atoms with Crippen molar-refractivity contribution in [2.75, 3.05) is 16.8 Å². The molecule has 2 nitrogen and oxygen atoms in total. The van der Waals surface area contributed by atoms with E-state index in [1.54, 1.807) is 11.3 Å². The molecule has 1 aromatic heterocycles. The largest absolute Gasteiger partial charge is 0.382 e. The van der Waals surface area contributed by atoms with Crippen LogP contribution in [0.15, 0.2) is 29.6 Å². The highest BCUT2D eigenvalue weighted by molar-refractivity contribution is 7.99. The van der Waals surface area contributed by atoms with Crippen LogP contribution >= 0.6 is 23.1 Å². The molecular formula is C15H18N2S2. The van der Waals surface area contributed by atoms with Crippen LogP contribution in [0.5, 0.6) is 0 Å². The fourth-order valence-corrected chi connectivity index (χ4v) is 4.07. The second kappa shape index (κ2) is 5.97. The minimum absolute atomic E-state index is 0.633. The SMILES string of the molecule is Cc1nc(-c2cccc(NC3CCSCC3)c2)cs1. The first-order chi connectivity index (χ1) is 9.31. The Morgan fingerprint density at radius 1 is 1.26 bits per heavy atom. The van der Waals surface area contributed by atoms with E-state index in [2.05, 4.69) is 58.6 Å². The lowest BCUT2D eigenvalue weighted by atomic mass is 10.1. The van der Waals surface area contributed by atoms with Crippen LogP contribution in [0.4, 0.5) is 5.69 Å². The van der Waals surface area contributed by atoms with Gasteiger partial charge in [0.05, 0.1) is 10.7 Å². The Morgan fingerprint density at radius 3 is 2.84 bits per heavy atom. The van der Waals surface area contributed by atoms with Gasteiger partial charge < -0.3 is 5.32 Å². The van der Waals surface area contributed by atoms with Crippen molar-refractivity contribution >= 4 is 28.8 Å². The second-order valence-corrected chi connectivity index (χ2v) is 7.15. The molecule has 1 aromatic carbocycles. The van der Waals surface area contributed by atoms with Gasteiger partial charge in [-0.05, 0) is 43.4 Å². The van der Waals surface area contributed by atoms with E-state index in [1.165, 1.54) is 35.6 Å². The standard InChI is InChI=1S/C15H18N2S2/c1-11-16-15(10-19-11)12-3-2-4-14(9-12)17-13-5-7-18-8-6-13/h2-4,9-10,13,17H,5-8H2,1H3. The van der Waals surface area contributed by atoms with Crippen LogP contribution in [0.25, 0.3) is 11.3 Å². The summed E-state index contributed by atoms with van der Waals surface area (Å²) in [6, 6.07) is 9.26. The van der Waals surface area contributed by atoms with Crippen molar-refractivity contribution in [3.05, 3.63) is 34.7 Å². The summed E-state index contributed by atoms with van der Waals surface area (Å²) in [5.41, 5.74) is 3.52. The number of thiazole rings is 1. The summed E-state index contributed by atoms with van der Waals surface area (Å²) in [4.78, 5) is 4.56. The normalized spacial score (nSPS) is 16.5. The Balaban J connectivity index is 1.75. The van der Waals surface area contributed by atoms with Gasteiger partial charge in [-0.2, -0.15) is 11.8 Å². The zero-order valence-corrected chi connectivity index (χ0v) is 12.7. The number of nitrogens with one attached hydrogen (secondary N) is 1. The van der Waals surface area contributed by atoms with E-state index < -0.39 is 0 Å². The minimum atomic E-state index is 0.633. The van der Waals surface area contributed by atoms with Crippen molar-refractivity contribution in [3.8, 4) is 11.3 Å². The van der Waals surface area contributed by atoms with Crippen LogP contribution in [0, 0.1) is 6.92 Å². The molecular weight excluding hydrogens is 272 g/mol. The molecule has 0 atom stereocenters. The lowest BCUT2D eigenvalue weighted by Crippen LogP contribution is -2.24. The Labute approximate surface area is 122 Å². The molecule has 1 saturated heterocycles. The summed E-state index contributed by atoms with van der Waals surface area (Å²) in [7, 11) is 0. The van der Waals surface area contributed by atoms with Crippen molar-refractivity contribution in [3.63, 3.8) is 0 Å². The topological polar surface area (TPSA) is 24.9 Å². The zero-order chi connectivity index (χ0) is 13.1. The van der Waals surface area contributed by atoms with E-state index in [9.17, 15) is 0 Å². The van der Waals surface area contributed by atoms with Gasteiger partial charge >= 0.3 is 0 Å². The molecule has 1 aliphatic rings. The molecule has 4 heteroatoms. The van der Waals surface area contributed by atoms with Gasteiger partial charge in [0.25, 0.3) is 0 Å². The minimum Gasteiger partial charge on any atom is -0.382 e. The number of hydrogen-bond donors (Lipinski definition) is 1. The van der Waals surface area contributed by atoms with E-state index in [4.69, 9.17) is 0 Å². The third-order valence-corrected chi connectivity index (χ3v) is 5.19. The van der Waals surface area contributed by atoms with E-state index >= 15 is 0 Å². The summed E-state index contributed by atoms with van der Waals surface area (Å²) in [6.45, 7) is 2.05. The summed E-state index contributed by atoms with van der Waals surface area (Å²) in [5, 5.41) is 6.91. The Morgan fingerprint density at radius 2 is 2.11 bits per heavy atom. The summed E-state index contributed by atoms with van der Waals surface area (Å²) >= 11 is 3.77. The number of rotatable bonds is 3. The number of aryl methyl sites for hydroxylation is 1. The first kappa shape index (κ1) is 13.0. The number of benzene rings is 1. The molecule has 0 amide bonds. The van der Waals surface area contributed by atoms with Crippen molar-refractivity contribution in [2.45, 2.75) is 25.8 Å². The van der Waals surface area contributed by atoms with Crippen LogP contribution in [-0.2, 0) is 0 Å². The monoisotopic (exact) mass is 290 g/mol. The van der Waals surface area contributed by atoms with Gasteiger partial charge in [0.15, 0.2) is 0 Å². The third-order valence-electron chi connectivity index (χ3n) is 3.37. The molecule has 0 spiro atoms. The van der Waals surface area contributed by atoms with Crippen LogP contribution in [-0.4, -0.2) is 22.5 Å². The van der Waals surface area contributed by atoms with Gasteiger partial charge in [-0.1, -0.05) is 12.1 Å². The lowest BCUT2D eigenvalue weighted by molar-refractivity contribution is 0.667. The fraction of sp³-hybridized carbons (Fsp3) is 0.400. The molecule has 0 bridgehead atoms. The molecule has 100 valence electrons. The van der Waals surface area contributed by atoms with E-state index in [0.717, 1.165) is 10.7 Å². The van der Waals surface area contributed by atoms with Crippen LogP contribution in [0.2, 0.25) is 0 Å². The van der Waals surface area contributed by atoms with Gasteiger partial charge in [0.2, 0.25) is 0 Å². The van der Waals surface area contributed by atoms with Gasteiger partial charge in [-0.25, -0.2) is 4.98 Å². The molecule has 1 N–H and O–H groups in total. The number of nitrogens with zero attached hydrogens (tertiary/aromatic N) is 1. The smallest absolute Gasteiger partial charge is 0.0901 e. The quantitative estimate of drug-likeness (QED) is 0.905. The average Bonchev–Trinajstić information content (AvgIpc) is 2.87. The Kier molecular flexibility index (Phi) is 4.09. The Hall–Kier alpha value is -1.00. The first-order valence-electron chi connectivity index (χ1n) is 6.68. The third kappa shape index (κ3) is 3.31. The lowest BCUT2D eigenvalue weighted by Gasteiger charge is -2.23. The predicted octanol–water partition coefficient (Wildman–Crippen LogP) is 4.43. The highest BCUT2D eigenvalue weighted by Gasteiger charge is 2.13. The zero-order valence-electron chi connectivity index (χ0n) is 11.1. The van der Waals surface area contributed by atoms with Crippen LogP contribution in [0.3, 0.4) is 0 Å². The number of hydrogen-bond acceptors (Lipinski definition) is 4. The molecule has 0 saturated carbocycles. The Bertz CT molecular complexity index is 545. The van der Waals surface area contributed by atoms with Gasteiger partial charge in [0, 0.05) is 22.7 Å². The maximum absolute atomic E-state index is 4.56. The maximum Gasteiger partial charge on any atom is 0.0901 e. The fourth-order valence-electron chi connectivity index (χ4n) is 2.34. The van der Waals surface area contributed by atoms with Crippen LogP contribution < -0.4 is 5.32 Å². The molecule has 1 fully saturated rings. The molecule has 0 unspecified atom stereocenters. The number of thioether (sulfide) groups is 1. The number of anilines is 1. The second-order valence-electron chi connectivity index (χ2n) is 4.86. The molecule has 2 aromatic rings. The highest BCUT2D eigenvalue weighted by Crippen LogP contribution is 2.26. The van der Waals surface area contributed by atoms with Crippen molar-refractivity contribution < 1.29 is 0 Å². The molecule has 19 heavy (non-hydrogen) atoms. The maximum atomic E-state index is 4.56. The van der Waals surface area contributed by atoms with E-state index in [0.29, 0.717) is 6.04 Å². The molecule has 3 rings (SSSR count). The van der Waals surface area contributed by atoms with Crippen molar-refractivity contribution in [1.82, 2.24) is 4.98 Å². The molecule has 0 radical (unpaired) electrons. The predicted molar refractivity (Wildman–Crippen MR) is 86.3 cm³/mol. The average molecular weight is 290 g/mol. The van der Waals surface area contributed by atoms with Crippen LogP contribution in [0.1, 0.15) is 17.8 Å². The molecule has 0 aliphatic carbocycles. The van der Waals surface area contributed by atoms with Crippen molar-refractivity contribution in [2.24, 2.45) is 0 Å². The summed E-state index contributed by atoms with van der Waals surface area (Å²) in [5.74, 6) is 2.56. The highest BCUT2D eigenvalue weighted by atomic mass is 32.2. The van der Waals surface area contributed by atoms with Gasteiger partial charge in [0.1, 0.15) is 0 Å². The van der Waals surface area contributed by atoms with E-state index in [1.807, 2.05) is 0 Å². The number of aromatic nitrogens is 1.